The first-order chi connectivity index (χ1) is 6.35. The quantitative estimate of drug-likeness (QED) is 0.620. The van der Waals surface area contributed by atoms with Crippen LogP contribution in [-0.2, 0) is 14.3 Å². The number of ether oxygens (including phenoxy) is 2. The minimum atomic E-state index is -0.505. The van der Waals surface area contributed by atoms with Crippen LogP contribution in [0.3, 0.4) is 0 Å². The third-order valence-corrected chi connectivity index (χ3v) is 2.95. The van der Waals surface area contributed by atoms with E-state index in [0.717, 1.165) is 51.6 Å². The summed E-state index contributed by atoms with van der Waals surface area (Å²) in [6.07, 6.45) is 6.07. The molecule has 2 fully saturated rings. The molecule has 2 aliphatic rings. The Morgan fingerprint density at radius 3 is 2.85 bits per heavy atom. The van der Waals surface area contributed by atoms with E-state index in [1.54, 1.807) is 0 Å². The number of aldehydes is 1. The van der Waals surface area contributed by atoms with E-state index in [-0.39, 0.29) is 6.10 Å². The molecule has 0 aromatic carbocycles. The van der Waals surface area contributed by atoms with Gasteiger partial charge in [0.15, 0.2) is 6.29 Å². The highest BCUT2D eigenvalue weighted by Crippen LogP contribution is 2.31. The van der Waals surface area contributed by atoms with E-state index in [1.165, 1.54) is 0 Å². The Bertz CT molecular complexity index is 179. The number of hydrogen-bond acceptors (Lipinski definition) is 3. The second kappa shape index (κ2) is 3.76. The predicted octanol–water partition coefficient (Wildman–Crippen LogP) is 1.30. The van der Waals surface area contributed by atoms with Crippen LogP contribution in [0.4, 0.5) is 0 Å². The van der Waals surface area contributed by atoms with Gasteiger partial charge in [0.25, 0.3) is 0 Å². The third-order valence-electron chi connectivity index (χ3n) is 2.95. The molecule has 74 valence electrons. The molecule has 2 aliphatic heterocycles. The van der Waals surface area contributed by atoms with Gasteiger partial charge in [0.05, 0.1) is 6.10 Å². The molecule has 0 aromatic heterocycles. The maximum atomic E-state index is 10.9. The monoisotopic (exact) mass is 184 g/mol. The molecule has 3 heteroatoms. The lowest BCUT2D eigenvalue weighted by atomic mass is 9.93. The van der Waals surface area contributed by atoms with Crippen molar-refractivity contribution in [3.63, 3.8) is 0 Å². The van der Waals surface area contributed by atoms with Crippen LogP contribution in [0, 0.1) is 0 Å². The number of carbonyl (C=O) groups excluding carboxylic acids is 1. The van der Waals surface area contributed by atoms with Crippen molar-refractivity contribution in [1.29, 1.82) is 0 Å². The van der Waals surface area contributed by atoms with Gasteiger partial charge >= 0.3 is 0 Å². The second-order valence-electron chi connectivity index (χ2n) is 3.97. The molecular weight excluding hydrogens is 168 g/mol. The van der Waals surface area contributed by atoms with Gasteiger partial charge in [-0.05, 0) is 25.7 Å². The van der Waals surface area contributed by atoms with Gasteiger partial charge in [0.1, 0.15) is 5.60 Å². The third kappa shape index (κ3) is 1.92. The summed E-state index contributed by atoms with van der Waals surface area (Å²) in [4.78, 5) is 10.9. The minimum absolute atomic E-state index is 0.253. The molecule has 0 saturated carbocycles. The molecule has 0 aliphatic carbocycles. The molecule has 1 unspecified atom stereocenters. The summed E-state index contributed by atoms with van der Waals surface area (Å²) in [5, 5.41) is 0. The van der Waals surface area contributed by atoms with Crippen LogP contribution >= 0.6 is 0 Å². The lowest BCUT2D eigenvalue weighted by Crippen LogP contribution is -2.34. The van der Waals surface area contributed by atoms with Crippen molar-refractivity contribution < 1.29 is 14.3 Å². The summed E-state index contributed by atoms with van der Waals surface area (Å²) < 4.78 is 11.0. The fourth-order valence-electron chi connectivity index (χ4n) is 2.21. The highest BCUT2D eigenvalue weighted by atomic mass is 16.5. The van der Waals surface area contributed by atoms with Crippen molar-refractivity contribution >= 4 is 6.29 Å². The van der Waals surface area contributed by atoms with Gasteiger partial charge in [-0.25, -0.2) is 0 Å². The van der Waals surface area contributed by atoms with Crippen molar-refractivity contribution in [3.8, 4) is 0 Å². The first-order valence-electron chi connectivity index (χ1n) is 5.07. The molecule has 2 atom stereocenters. The molecule has 0 N–H and O–H groups in total. The maximum Gasteiger partial charge on any atom is 0.151 e. The van der Waals surface area contributed by atoms with E-state index in [1.807, 2.05) is 0 Å². The summed E-state index contributed by atoms with van der Waals surface area (Å²) in [6.45, 7) is 1.57. The van der Waals surface area contributed by atoms with Crippen LogP contribution < -0.4 is 0 Å². The van der Waals surface area contributed by atoms with Gasteiger partial charge in [-0.1, -0.05) is 0 Å². The highest BCUT2D eigenvalue weighted by Gasteiger charge is 2.38. The normalized spacial score (nSPS) is 39.5. The van der Waals surface area contributed by atoms with Crippen molar-refractivity contribution in [3.05, 3.63) is 0 Å². The Hall–Kier alpha value is -0.410. The maximum absolute atomic E-state index is 10.9. The van der Waals surface area contributed by atoms with Crippen LogP contribution in [-0.4, -0.2) is 31.2 Å². The molecule has 0 aromatic rings. The van der Waals surface area contributed by atoms with Crippen LogP contribution in [0.1, 0.15) is 32.1 Å². The van der Waals surface area contributed by atoms with E-state index in [2.05, 4.69) is 0 Å². The van der Waals surface area contributed by atoms with Gasteiger partial charge in [-0.2, -0.15) is 0 Å². The molecule has 2 saturated heterocycles. The van der Waals surface area contributed by atoms with Gasteiger partial charge < -0.3 is 14.3 Å². The molecule has 0 amide bonds. The Kier molecular flexibility index (Phi) is 2.65. The summed E-state index contributed by atoms with van der Waals surface area (Å²) in [5.74, 6) is 0. The molecule has 3 nitrogen and oxygen atoms in total. The van der Waals surface area contributed by atoms with Crippen molar-refractivity contribution in [2.45, 2.75) is 43.8 Å². The summed E-state index contributed by atoms with van der Waals surface area (Å²) in [6, 6.07) is 0. The van der Waals surface area contributed by atoms with E-state index in [9.17, 15) is 4.79 Å². The lowest BCUT2D eigenvalue weighted by Gasteiger charge is -2.24. The van der Waals surface area contributed by atoms with Crippen molar-refractivity contribution in [1.82, 2.24) is 0 Å². The molecule has 0 bridgehead atoms. The first-order valence-corrected chi connectivity index (χ1v) is 5.07. The van der Waals surface area contributed by atoms with E-state index in [0.29, 0.717) is 0 Å². The minimum Gasteiger partial charge on any atom is -0.378 e. The Morgan fingerprint density at radius 2 is 2.31 bits per heavy atom. The van der Waals surface area contributed by atoms with E-state index in [4.69, 9.17) is 9.47 Å². The predicted molar refractivity (Wildman–Crippen MR) is 47.6 cm³/mol. The zero-order valence-electron chi connectivity index (χ0n) is 7.83. The van der Waals surface area contributed by atoms with Gasteiger partial charge in [0, 0.05) is 19.6 Å². The molecule has 0 radical (unpaired) electrons. The van der Waals surface area contributed by atoms with Gasteiger partial charge in [-0.15, -0.1) is 0 Å². The summed E-state index contributed by atoms with van der Waals surface area (Å²) >= 11 is 0. The van der Waals surface area contributed by atoms with Crippen LogP contribution in [0.15, 0.2) is 0 Å². The summed E-state index contributed by atoms with van der Waals surface area (Å²) in [5.41, 5.74) is -0.505. The Balaban J connectivity index is 1.92. The topological polar surface area (TPSA) is 35.5 Å². The molecule has 0 spiro atoms. The average molecular weight is 184 g/mol. The van der Waals surface area contributed by atoms with Gasteiger partial charge in [-0.3, -0.25) is 0 Å². The average Bonchev–Trinajstić information content (AvgIpc) is 2.77. The molecule has 2 rings (SSSR count). The largest absolute Gasteiger partial charge is 0.378 e. The van der Waals surface area contributed by atoms with E-state index >= 15 is 0 Å². The zero-order valence-corrected chi connectivity index (χ0v) is 7.83. The Morgan fingerprint density at radius 1 is 1.38 bits per heavy atom. The van der Waals surface area contributed by atoms with Crippen molar-refractivity contribution in [2.75, 3.05) is 13.2 Å². The number of rotatable bonds is 3. The molecular formula is C10H16O3. The second-order valence-corrected chi connectivity index (χ2v) is 3.97. The fourth-order valence-corrected chi connectivity index (χ4v) is 2.21. The van der Waals surface area contributed by atoms with Gasteiger partial charge in [0.2, 0.25) is 0 Å². The highest BCUT2D eigenvalue weighted by molar-refractivity contribution is 5.63. The number of carbonyl (C=O) groups is 1. The van der Waals surface area contributed by atoms with Crippen molar-refractivity contribution in [2.24, 2.45) is 0 Å². The molecule has 13 heavy (non-hydrogen) atoms. The fraction of sp³-hybridized carbons (Fsp3) is 0.900. The molecule has 2 heterocycles. The summed E-state index contributed by atoms with van der Waals surface area (Å²) in [7, 11) is 0. The Labute approximate surface area is 78.4 Å². The smallest absolute Gasteiger partial charge is 0.151 e. The first kappa shape index (κ1) is 9.16. The zero-order chi connectivity index (χ0) is 9.15. The van der Waals surface area contributed by atoms with E-state index < -0.39 is 5.60 Å². The van der Waals surface area contributed by atoms with Crippen LogP contribution in [0.25, 0.3) is 0 Å². The lowest BCUT2D eigenvalue weighted by molar-refractivity contribution is -0.129. The van der Waals surface area contributed by atoms with Crippen LogP contribution in [0.5, 0.6) is 0 Å². The van der Waals surface area contributed by atoms with Crippen LogP contribution in [0.2, 0.25) is 0 Å². The standard InChI is InChI=1S/C10H16O3/c11-8-10(4-2-6-13-10)7-9-3-1-5-12-9/h8-9H,1-7H2/t9-,10?/m0/s1. The number of hydrogen-bond donors (Lipinski definition) is 0. The SMILES string of the molecule is O=CC1(C[C@@H]2CCCO2)CCCO1.